The highest BCUT2D eigenvalue weighted by molar-refractivity contribution is 7.80. The lowest BCUT2D eigenvalue weighted by molar-refractivity contribution is 0.598. The lowest BCUT2D eigenvalue weighted by Gasteiger charge is -2.10. The predicted octanol–water partition coefficient (Wildman–Crippen LogP) is 2.81. The normalized spacial score (nSPS) is 11.1. The summed E-state index contributed by atoms with van der Waals surface area (Å²) in [7, 11) is 1.63. The van der Waals surface area contributed by atoms with Crippen LogP contribution < -0.4 is 10.7 Å². The van der Waals surface area contributed by atoms with Gasteiger partial charge in [-0.1, -0.05) is 30.3 Å². The number of hydrogen-bond acceptors (Lipinski definition) is 2. The van der Waals surface area contributed by atoms with Crippen molar-refractivity contribution < 1.29 is 8.78 Å². The van der Waals surface area contributed by atoms with Gasteiger partial charge in [0.1, 0.15) is 17.3 Å². The summed E-state index contributed by atoms with van der Waals surface area (Å²) in [6, 6.07) is 12.2. The van der Waals surface area contributed by atoms with Gasteiger partial charge < -0.3 is 5.32 Å². The minimum Gasteiger partial charge on any atom is -0.364 e. The van der Waals surface area contributed by atoms with Gasteiger partial charge in [-0.3, -0.25) is 5.43 Å². The molecular formula is C15H13F2N3S. The molecule has 0 aromatic heterocycles. The number of thiocarbonyl (C=S) groups is 1. The fourth-order valence-corrected chi connectivity index (χ4v) is 1.76. The molecule has 21 heavy (non-hydrogen) atoms. The Morgan fingerprint density at radius 1 is 1.10 bits per heavy atom. The fraction of sp³-hybridized carbons (Fsp3) is 0.0667. The number of hydrazone groups is 1. The van der Waals surface area contributed by atoms with E-state index in [1.165, 1.54) is 0 Å². The summed E-state index contributed by atoms with van der Waals surface area (Å²) >= 11 is 4.94. The van der Waals surface area contributed by atoms with Gasteiger partial charge in [-0.2, -0.15) is 5.10 Å². The summed E-state index contributed by atoms with van der Waals surface area (Å²) in [6.07, 6.45) is 0. The van der Waals surface area contributed by atoms with Crippen molar-refractivity contribution in [3.8, 4) is 0 Å². The number of rotatable bonds is 3. The van der Waals surface area contributed by atoms with Crippen molar-refractivity contribution in [2.75, 3.05) is 7.05 Å². The van der Waals surface area contributed by atoms with E-state index in [1.54, 1.807) is 31.3 Å². The lowest BCUT2D eigenvalue weighted by atomic mass is 10.0. The second-order valence-electron chi connectivity index (χ2n) is 4.14. The van der Waals surface area contributed by atoms with Crippen LogP contribution in [0.4, 0.5) is 8.78 Å². The average Bonchev–Trinajstić information content (AvgIpc) is 2.51. The van der Waals surface area contributed by atoms with E-state index in [0.29, 0.717) is 5.56 Å². The molecule has 0 fully saturated rings. The second kappa shape index (κ2) is 6.90. The summed E-state index contributed by atoms with van der Waals surface area (Å²) < 4.78 is 27.4. The molecule has 2 aromatic carbocycles. The molecule has 6 heteroatoms. The number of nitrogens with one attached hydrogen (secondary N) is 2. The SMILES string of the molecule is CNC(=S)N/N=C(\c1ccccc1)c1cc(F)ccc1F. The van der Waals surface area contributed by atoms with E-state index in [0.717, 1.165) is 18.2 Å². The van der Waals surface area contributed by atoms with Gasteiger partial charge >= 0.3 is 0 Å². The number of nitrogens with zero attached hydrogens (tertiary/aromatic N) is 1. The highest BCUT2D eigenvalue weighted by Crippen LogP contribution is 2.16. The molecule has 0 aliphatic rings. The Balaban J connectivity index is 2.50. The number of benzene rings is 2. The second-order valence-corrected chi connectivity index (χ2v) is 4.55. The van der Waals surface area contributed by atoms with Gasteiger partial charge in [-0.05, 0) is 30.4 Å². The molecule has 0 spiro atoms. The van der Waals surface area contributed by atoms with Crippen LogP contribution in [0.2, 0.25) is 0 Å². The molecule has 0 saturated carbocycles. The first-order valence-electron chi connectivity index (χ1n) is 6.18. The smallest absolute Gasteiger partial charge is 0.186 e. The average molecular weight is 305 g/mol. The maximum absolute atomic E-state index is 14.0. The van der Waals surface area contributed by atoms with Gasteiger partial charge in [-0.25, -0.2) is 8.78 Å². The highest BCUT2D eigenvalue weighted by atomic mass is 32.1. The Labute approximate surface area is 126 Å². The largest absolute Gasteiger partial charge is 0.364 e. The van der Waals surface area contributed by atoms with E-state index in [2.05, 4.69) is 15.8 Å². The Kier molecular flexibility index (Phi) is 4.94. The van der Waals surface area contributed by atoms with Crippen LogP contribution in [0.25, 0.3) is 0 Å². The van der Waals surface area contributed by atoms with Crippen LogP contribution in [0.1, 0.15) is 11.1 Å². The summed E-state index contributed by atoms with van der Waals surface area (Å²) in [4.78, 5) is 0. The number of hydrogen-bond donors (Lipinski definition) is 2. The van der Waals surface area contributed by atoms with Crippen molar-refractivity contribution in [3.05, 3.63) is 71.3 Å². The van der Waals surface area contributed by atoms with E-state index in [9.17, 15) is 8.78 Å². The third-order valence-corrected chi connectivity index (χ3v) is 3.02. The molecule has 2 N–H and O–H groups in total. The molecule has 108 valence electrons. The zero-order valence-corrected chi connectivity index (χ0v) is 12.0. The van der Waals surface area contributed by atoms with E-state index < -0.39 is 11.6 Å². The molecule has 0 amide bonds. The Bertz CT molecular complexity index is 672. The molecule has 2 aromatic rings. The summed E-state index contributed by atoms with van der Waals surface area (Å²) in [5.41, 5.74) is 3.57. The molecule has 3 nitrogen and oxygen atoms in total. The molecule has 0 radical (unpaired) electrons. The van der Waals surface area contributed by atoms with Crippen molar-refractivity contribution in [1.82, 2.24) is 10.7 Å². The monoisotopic (exact) mass is 305 g/mol. The first kappa shape index (κ1) is 15.1. The van der Waals surface area contributed by atoms with Crippen molar-refractivity contribution in [1.29, 1.82) is 0 Å². The number of halogens is 2. The first-order valence-corrected chi connectivity index (χ1v) is 6.59. The molecular weight excluding hydrogens is 292 g/mol. The zero-order chi connectivity index (χ0) is 15.2. The van der Waals surface area contributed by atoms with Crippen LogP contribution >= 0.6 is 12.2 Å². The summed E-state index contributed by atoms with van der Waals surface area (Å²) in [6.45, 7) is 0. The van der Waals surface area contributed by atoms with Gasteiger partial charge in [0.15, 0.2) is 5.11 Å². The van der Waals surface area contributed by atoms with E-state index in [4.69, 9.17) is 12.2 Å². The van der Waals surface area contributed by atoms with Crippen LogP contribution in [-0.4, -0.2) is 17.9 Å². The van der Waals surface area contributed by atoms with Crippen LogP contribution in [0.3, 0.4) is 0 Å². The molecule has 0 aliphatic carbocycles. The first-order chi connectivity index (χ1) is 10.1. The van der Waals surface area contributed by atoms with Gasteiger partial charge in [0.25, 0.3) is 0 Å². The zero-order valence-electron chi connectivity index (χ0n) is 11.2. The van der Waals surface area contributed by atoms with Gasteiger partial charge in [0, 0.05) is 18.2 Å². The van der Waals surface area contributed by atoms with Crippen molar-refractivity contribution in [2.45, 2.75) is 0 Å². The van der Waals surface area contributed by atoms with Gasteiger partial charge in [0.05, 0.1) is 0 Å². The highest BCUT2D eigenvalue weighted by Gasteiger charge is 2.13. The van der Waals surface area contributed by atoms with Gasteiger partial charge in [-0.15, -0.1) is 0 Å². The molecule has 0 heterocycles. The van der Waals surface area contributed by atoms with Crippen LogP contribution in [0.5, 0.6) is 0 Å². The van der Waals surface area contributed by atoms with Crippen molar-refractivity contribution in [3.63, 3.8) is 0 Å². The third-order valence-electron chi connectivity index (χ3n) is 2.73. The van der Waals surface area contributed by atoms with E-state index in [1.807, 2.05) is 6.07 Å². The van der Waals surface area contributed by atoms with Gasteiger partial charge in [0.2, 0.25) is 0 Å². The lowest BCUT2D eigenvalue weighted by Crippen LogP contribution is -2.29. The van der Waals surface area contributed by atoms with Crippen molar-refractivity contribution in [2.24, 2.45) is 5.10 Å². The third kappa shape index (κ3) is 3.82. The molecule has 0 unspecified atom stereocenters. The minimum absolute atomic E-state index is 0.0626. The van der Waals surface area contributed by atoms with E-state index in [-0.39, 0.29) is 16.4 Å². The quantitative estimate of drug-likeness (QED) is 0.520. The Morgan fingerprint density at radius 2 is 1.81 bits per heavy atom. The summed E-state index contributed by atoms with van der Waals surface area (Å²) in [5.74, 6) is -1.09. The predicted molar refractivity (Wildman–Crippen MR) is 83.2 cm³/mol. The molecule has 0 bridgehead atoms. The Morgan fingerprint density at radius 3 is 2.48 bits per heavy atom. The van der Waals surface area contributed by atoms with Crippen molar-refractivity contribution >= 4 is 23.0 Å². The van der Waals surface area contributed by atoms with Crippen LogP contribution in [0, 0.1) is 11.6 Å². The van der Waals surface area contributed by atoms with E-state index >= 15 is 0 Å². The molecule has 2 rings (SSSR count). The molecule has 0 aliphatic heterocycles. The minimum atomic E-state index is -0.559. The topological polar surface area (TPSA) is 36.4 Å². The maximum Gasteiger partial charge on any atom is 0.186 e. The Hall–Kier alpha value is -2.34. The van der Waals surface area contributed by atoms with Crippen LogP contribution in [-0.2, 0) is 0 Å². The molecule has 0 saturated heterocycles. The summed E-state index contributed by atoms with van der Waals surface area (Å²) in [5, 5.41) is 7.07. The molecule has 0 atom stereocenters. The fourth-order valence-electron chi connectivity index (χ4n) is 1.72. The van der Waals surface area contributed by atoms with Crippen LogP contribution in [0.15, 0.2) is 53.6 Å². The maximum atomic E-state index is 14.0. The standard InChI is InChI=1S/C15H13F2N3S/c1-18-15(21)20-19-14(10-5-3-2-4-6-10)12-9-11(16)7-8-13(12)17/h2-9H,1H3,(H2,18,20,21)/b19-14+.